The van der Waals surface area contributed by atoms with Crippen LogP contribution in [0.3, 0.4) is 0 Å². The van der Waals surface area contributed by atoms with Crippen molar-refractivity contribution in [3.8, 4) is 0 Å². The first-order chi connectivity index (χ1) is 9.74. The van der Waals surface area contributed by atoms with Gasteiger partial charge >= 0.3 is 0 Å². The molecule has 1 aromatic heterocycles. The van der Waals surface area contributed by atoms with Crippen LogP contribution in [0.5, 0.6) is 0 Å². The van der Waals surface area contributed by atoms with Gasteiger partial charge in [-0.15, -0.1) is 10.2 Å². The lowest BCUT2D eigenvalue weighted by atomic mass is 9.67. The zero-order valence-electron chi connectivity index (χ0n) is 12.0. The van der Waals surface area contributed by atoms with Gasteiger partial charge in [-0.2, -0.15) is 5.21 Å². The fourth-order valence-corrected chi connectivity index (χ4v) is 3.86. The second kappa shape index (κ2) is 5.89. The highest BCUT2D eigenvalue weighted by atomic mass is 16.1. The lowest BCUT2D eigenvalue weighted by Gasteiger charge is -2.38. The van der Waals surface area contributed by atoms with E-state index in [1.165, 1.54) is 32.1 Å². The van der Waals surface area contributed by atoms with Gasteiger partial charge in [0.25, 0.3) is 0 Å². The van der Waals surface area contributed by atoms with Crippen LogP contribution in [-0.4, -0.2) is 26.5 Å². The number of nitrogens with one attached hydrogen (secondary N) is 2. The van der Waals surface area contributed by atoms with Crippen molar-refractivity contribution < 1.29 is 4.79 Å². The third-order valence-corrected chi connectivity index (χ3v) is 5.02. The van der Waals surface area contributed by atoms with Gasteiger partial charge in [0.2, 0.25) is 5.91 Å². The summed E-state index contributed by atoms with van der Waals surface area (Å²) in [5, 5.41) is 16.8. The molecule has 0 aromatic carbocycles. The zero-order chi connectivity index (χ0) is 13.9. The number of nitrogens with zero attached hydrogens (tertiary/aromatic N) is 3. The molecule has 1 heterocycles. The van der Waals surface area contributed by atoms with Crippen molar-refractivity contribution in [2.24, 2.45) is 17.8 Å². The molecular weight excluding hydrogens is 254 g/mol. The Bertz CT molecular complexity index is 446. The van der Waals surface area contributed by atoms with Crippen LogP contribution in [0.15, 0.2) is 0 Å². The van der Waals surface area contributed by atoms with Gasteiger partial charge in [0.15, 0.2) is 5.82 Å². The maximum Gasteiger partial charge on any atom is 0.223 e. The van der Waals surface area contributed by atoms with Crippen molar-refractivity contribution in [2.45, 2.75) is 57.9 Å². The number of hydrogen-bond donors (Lipinski definition) is 2. The smallest absolute Gasteiger partial charge is 0.223 e. The molecule has 3 rings (SSSR count). The zero-order valence-corrected chi connectivity index (χ0v) is 12.0. The molecule has 2 saturated carbocycles. The number of aromatic amines is 1. The van der Waals surface area contributed by atoms with Gasteiger partial charge in [-0.1, -0.05) is 30.9 Å². The van der Waals surface area contributed by atoms with Crippen molar-refractivity contribution in [3.63, 3.8) is 0 Å². The molecule has 110 valence electrons. The topological polar surface area (TPSA) is 83.6 Å². The molecule has 6 nitrogen and oxygen atoms in total. The van der Waals surface area contributed by atoms with Crippen molar-refractivity contribution in [3.05, 3.63) is 5.82 Å². The highest BCUT2D eigenvalue weighted by Crippen LogP contribution is 2.42. The Labute approximate surface area is 119 Å². The summed E-state index contributed by atoms with van der Waals surface area (Å²) in [7, 11) is 0. The molecule has 1 aromatic rings. The van der Waals surface area contributed by atoms with Gasteiger partial charge in [-0.05, 0) is 38.0 Å². The monoisotopic (exact) mass is 277 g/mol. The maximum atomic E-state index is 12.4. The molecule has 6 heteroatoms. The quantitative estimate of drug-likeness (QED) is 0.885. The van der Waals surface area contributed by atoms with Gasteiger partial charge < -0.3 is 5.32 Å². The molecule has 2 aliphatic rings. The van der Waals surface area contributed by atoms with E-state index in [0.29, 0.717) is 5.82 Å². The van der Waals surface area contributed by atoms with Crippen molar-refractivity contribution >= 4 is 5.91 Å². The van der Waals surface area contributed by atoms with Crippen LogP contribution in [0.4, 0.5) is 0 Å². The van der Waals surface area contributed by atoms with E-state index >= 15 is 0 Å². The molecule has 4 atom stereocenters. The minimum atomic E-state index is -0.176. The Hall–Kier alpha value is -1.46. The Kier molecular flexibility index (Phi) is 3.98. The highest BCUT2D eigenvalue weighted by molar-refractivity contribution is 5.79. The number of carbonyl (C=O) groups is 1. The van der Waals surface area contributed by atoms with Crippen LogP contribution < -0.4 is 5.32 Å². The summed E-state index contributed by atoms with van der Waals surface area (Å²) in [6.45, 7) is 1.90. The molecule has 0 saturated heterocycles. The molecule has 1 amide bonds. The van der Waals surface area contributed by atoms with E-state index in [9.17, 15) is 4.79 Å². The van der Waals surface area contributed by atoms with E-state index in [4.69, 9.17) is 0 Å². The SMILES string of the molecule is CC(NC(=O)C1CCC2CCCCC2C1)c1nn[nH]n1. The summed E-state index contributed by atoms with van der Waals surface area (Å²) in [5.41, 5.74) is 0. The van der Waals surface area contributed by atoms with Crippen LogP contribution in [0, 0.1) is 17.8 Å². The van der Waals surface area contributed by atoms with Gasteiger partial charge in [0.1, 0.15) is 0 Å². The van der Waals surface area contributed by atoms with Crippen LogP contribution in [0.1, 0.15) is 63.7 Å². The van der Waals surface area contributed by atoms with Crippen LogP contribution in [-0.2, 0) is 4.79 Å². The number of rotatable bonds is 3. The van der Waals surface area contributed by atoms with E-state index < -0.39 is 0 Å². The summed E-state index contributed by atoms with van der Waals surface area (Å²) in [6, 6.07) is -0.176. The first-order valence-electron chi connectivity index (χ1n) is 7.77. The predicted octanol–water partition coefficient (Wildman–Crippen LogP) is 1.98. The molecule has 0 radical (unpaired) electrons. The third kappa shape index (κ3) is 2.83. The first kappa shape index (κ1) is 13.5. The van der Waals surface area contributed by atoms with Crippen molar-refractivity contribution in [1.82, 2.24) is 25.9 Å². The van der Waals surface area contributed by atoms with Gasteiger partial charge in [0.05, 0.1) is 6.04 Å². The number of carbonyl (C=O) groups excluding carboxylic acids is 1. The van der Waals surface area contributed by atoms with E-state index in [2.05, 4.69) is 25.9 Å². The number of hydrogen-bond acceptors (Lipinski definition) is 4. The van der Waals surface area contributed by atoms with E-state index in [-0.39, 0.29) is 17.9 Å². The minimum Gasteiger partial charge on any atom is -0.346 e. The summed E-state index contributed by atoms with van der Waals surface area (Å²) >= 11 is 0. The molecule has 0 aliphatic heterocycles. The van der Waals surface area contributed by atoms with E-state index in [1.54, 1.807) is 0 Å². The lowest BCUT2D eigenvalue weighted by Crippen LogP contribution is -2.38. The molecule has 20 heavy (non-hydrogen) atoms. The normalized spacial score (nSPS) is 31.4. The lowest BCUT2D eigenvalue weighted by molar-refractivity contribution is -0.128. The van der Waals surface area contributed by atoms with Crippen LogP contribution >= 0.6 is 0 Å². The minimum absolute atomic E-state index is 0.159. The number of H-pyrrole nitrogens is 1. The Morgan fingerprint density at radius 1 is 1.25 bits per heavy atom. The third-order valence-electron chi connectivity index (χ3n) is 5.02. The molecule has 0 spiro atoms. The predicted molar refractivity (Wildman–Crippen MR) is 73.5 cm³/mol. The number of amides is 1. The first-order valence-corrected chi connectivity index (χ1v) is 7.77. The standard InChI is InChI=1S/C14H23N5O/c1-9(13-16-18-19-17-13)15-14(20)12-7-6-10-4-2-3-5-11(10)8-12/h9-12H,2-8H2,1H3,(H,15,20)(H,16,17,18,19). The van der Waals surface area contributed by atoms with Gasteiger partial charge in [-0.25, -0.2) is 0 Å². The number of fused-ring (bicyclic) bond motifs is 1. The number of tetrazole rings is 1. The Balaban J connectivity index is 1.55. The second-order valence-electron chi connectivity index (χ2n) is 6.31. The molecular formula is C14H23N5O. The second-order valence-corrected chi connectivity index (χ2v) is 6.31. The summed E-state index contributed by atoms with van der Waals surface area (Å²) in [4.78, 5) is 12.4. The fourth-order valence-electron chi connectivity index (χ4n) is 3.86. The molecule has 2 fully saturated rings. The average Bonchev–Trinajstić information content (AvgIpc) is 3.01. The fraction of sp³-hybridized carbons (Fsp3) is 0.857. The van der Waals surface area contributed by atoms with Crippen molar-refractivity contribution in [2.75, 3.05) is 0 Å². The number of aromatic nitrogens is 4. The molecule has 2 N–H and O–H groups in total. The Morgan fingerprint density at radius 2 is 2.05 bits per heavy atom. The molecule has 4 unspecified atom stereocenters. The summed E-state index contributed by atoms with van der Waals surface area (Å²) in [5.74, 6) is 2.52. The highest BCUT2D eigenvalue weighted by Gasteiger charge is 2.35. The van der Waals surface area contributed by atoms with E-state index in [0.717, 1.165) is 24.7 Å². The Morgan fingerprint density at radius 3 is 2.80 bits per heavy atom. The van der Waals surface area contributed by atoms with Gasteiger partial charge in [-0.3, -0.25) is 4.79 Å². The van der Waals surface area contributed by atoms with Gasteiger partial charge in [0, 0.05) is 5.92 Å². The van der Waals surface area contributed by atoms with Crippen LogP contribution in [0.2, 0.25) is 0 Å². The van der Waals surface area contributed by atoms with Crippen molar-refractivity contribution in [1.29, 1.82) is 0 Å². The molecule has 0 bridgehead atoms. The summed E-state index contributed by atoms with van der Waals surface area (Å²) in [6.07, 6.45) is 8.73. The maximum absolute atomic E-state index is 12.4. The summed E-state index contributed by atoms with van der Waals surface area (Å²) < 4.78 is 0. The molecule has 2 aliphatic carbocycles. The van der Waals surface area contributed by atoms with E-state index in [1.807, 2.05) is 6.92 Å². The largest absolute Gasteiger partial charge is 0.346 e. The van der Waals surface area contributed by atoms with Crippen LogP contribution in [0.25, 0.3) is 0 Å². The average molecular weight is 277 g/mol.